The van der Waals surface area contributed by atoms with Gasteiger partial charge in [0.05, 0.1) is 16.2 Å². The van der Waals surface area contributed by atoms with Crippen molar-refractivity contribution in [1.82, 2.24) is 0 Å². The summed E-state index contributed by atoms with van der Waals surface area (Å²) < 4.78 is 5.33. The van der Waals surface area contributed by atoms with Gasteiger partial charge in [-0.15, -0.1) is 0 Å². The highest BCUT2D eigenvalue weighted by Crippen LogP contribution is 2.35. The molecule has 2 aliphatic heterocycles. The average Bonchev–Trinajstić information content (AvgIpc) is 2.54. The van der Waals surface area contributed by atoms with Crippen LogP contribution in [-0.2, 0) is 16.0 Å². The fourth-order valence-corrected chi connectivity index (χ4v) is 3.34. The molecule has 0 atom stereocenters. The standard InChI is InChI=1S/C16H20N2O4/c19-16(11-12-6-9-22-10-7-12)17-8-2-3-13-14(17)4-1-5-15(13)18(20)21/h1,4-5,12H,2-3,6-11H2. The first-order valence-corrected chi connectivity index (χ1v) is 7.81. The molecule has 2 heterocycles. The quantitative estimate of drug-likeness (QED) is 0.635. The van der Waals surface area contributed by atoms with Crippen molar-refractivity contribution in [2.24, 2.45) is 5.92 Å². The summed E-state index contributed by atoms with van der Waals surface area (Å²) in [5, 5.41) is 11.2. The Morgan fingerprint density at radius 3 is 2.86 bits per heavy atom. The summed E-state index contributed by atoms with van der Waals surface area (Å²) in [7, 11) is 0. The molecule has 0 aliphatic carbocycles. The van der Waals surface area contributed by atoms with Gasteiger partial charge in [0, 0.05) is 32.2 Å². The Hall–Kier alpha value is -1.95. The molecule has 0 bridgehead atoms. The van der Waals surface area contributed by atoms with Crippen molar-refractivity contribution in [3.63, 3.8) is 0 Å². The maximum atomic E-state index is 12.6. The number of anilines is 1. The number of fused-ring (bicyclic) bond motifs is 1. The highest BCUT2D eigenvalue weighted by molar-refractivity contribution is 5.95. The minimum absolute atomic E-state index is 0.0772. The van der Waals surface area contributed by atoms with Crippen molar-refractivity contribution >= 4 is 17.3 Å². The molecule has 1 saturated heterocycles. The number of ether oxygens (including phenoxy) is 1. The fourth-order valence-electron chi connectivity index (χ4n) is 3.34. The van der Waals surface area contributed by atoms with E-state index in [-0.39, 0.29) is 16.5 Å². The third-order valence-corrected chi connectivity index (χ3v) is 4.53. The van der Waals surface area contributed by atoms with Crippen LogP contribution in [0.25, 0.3) is 0 Å². The molecule has 1 aromatic rings. The summed E-state index contributed by atoms with van der Waals surface area (Å²) in [6.45, 7) is 2.09. The monoisotopic (exact) mass is 304 g/mol. The smallest absolute Gasteiger partial charge is 0.274 e. The zero-order valence-corrected chi connectivity index (χ0v) is 12.5. The van der Waals surface area contributed by atoms with E-state index in [2.05, 4.69) is 0 Å². The molecule has 2 aliphatic rings. The van der Waals surface area contributed by atoms with E-state index < -0.39 is 0 Å². The number of amides is 1. The zero-order chi connectivity index (χ0) is 15.5. The van der Waals surface area contributed by atoms with Gasteiger partial charge >= 0.3 is 0 Å². The molecule has 1 fully saturated rings. The molecular formula is C16H20N2O4. The lowest BCUT2D eigenvalue weighted by molar-refractivity contribution is -0.385. The van der Waals surface area contributed by atoms with E-state index in [9.17, 15) is 14.9 Å². The van der Waals surface area contributed by atoms with Gasteiger partial charge < -0.3 is 9.64 Å². The van der Waals surface area contributed by atoms with Crippen molar-refractivity contribution in [3.8, 4) is 0 Å². The van der Waals surface area contributed by atoms with Crippen LogP contribution in [0.1, 0.15) is 31.2 Å². The third-order valence-electron chi connectivity index (χ3n) is 4.53. The molecule has 0 N–H and O–H groups in total. The summed E-state index contributed by atoms with van der Waals surface area (Å²) in [4.78, 5) is 25.2. The van der Waals surface area contributed by atoms with Crippen LogP contribution in [0.3, 0.4) is 0 Å². The van der Waals surface area contributed by atoms with Crippen LogP contribution in [0.5, 0.6) is 0 Å². The number of carbonyl (C=O) groups is 1. The Labute approximate surface area is 129 Å². The van der Waals surface area contributed by atoms with E-state index in [4.69, 9.17) is 4.74 Å². The third kappa shape index (κ3) is 2.97. The lowest BCUT2D eigenvalue weighted by atomic mass is 9.94. The molecule has 1 aromatic carbocycles. The van der Waals surface area contributed by atoms with Gasteiger partial charge in [-0.1, -0.05) is 6.07 Å². The topological polar surface area (TPSA) is 72.7 Å². The first-order chi connectivity index (χ1) is 10.7. The molecule has 22 heavy (non-hydrogen) atoms. The summed E-state index contributed by atoms with van der Waals surface area (Å²) in [5.74, 6) is 0.443. The van der Waals surface area contributed by atoms with E-state index >= 15 is 0 Å². The number of benzene rings is 1. The maximum Gasteiger partial charge on any atom is 0.274 e. The summed E-state index contributed by atoms with van der Waals surface area (Å²) in [5.41, 5.74) is 1.54. The molecule has 118 valence electrons. The van der Waals surface area contributed by atoms with Crippen molar-refractivity contribution in [3.05, 3.63) is 33.9 Å². The molecule has 0 spiro atoms. The molecule has 3 rings (SSSR count). The number of hydrogen-bond donors (Lipinski definition) is 0. The van der Waals surface area contributed by atoms with E-state index in [1.807, 2.05) is 6.07 Å². The van der Waals surface area contributed by atoms with E-state index in [0.717, 1.165) is 38.2 Å². The van der Waals surface area contributed by atoms with Crippen LogP contribution in [0.15, 0.2) is 18.2 Å². The van der Waals surface area contributed by atoms with Gasteiger partial charge in [0.1, 0.15) is 0 Å². The molecular weight excluding hydrogens is 284 g/mol. The predicted molar refractivity (Wildman–Crippen MR) is 81.9 cm³/mol. The second kappa shape index (κ2) is 6.44. The molecule has 0 unspecified atom stereocenters. The Balaban J connectivity index is 1.80. The Morgan fingerprint density at radius 2 is 2.14 bits per heavy atom. The molecule has 0 aromatic heterocycles. The van der Waals surface area contributed by atoms with Crippen LogP contribution < -0.4 is 4.90 Å². The Morgan fingerprint density at radius 1 is 1.36 bits per heavy atom. The number of nitro groups is 1. The number of carbonyl (C=O) groups excluding carboxylic acids is 1. The van der Waals surface area contributed by atoms with Crippen LogP contribution in [0.2, 0.25) is 0 Å². The Kier molecular flexibility index (Phi) is 4.38. The first kappa shape index (κ1) is 15.0. The van der Waals surface area contributed by atoms with Gasteiger partial charge in [0.15, 0.2) is 0 Å². The highest BCUT2D eigenvalue weighted by Gasteiger charge is 2.29. The first-order valence-electron chi connectivity index (χ1n) is 7.81. The largest absolute Gasteiger partial charge is 0.381 e. The molecule has 0 saturated carbocycles. The summed E-state index contributed by atoms with van der Waals surface area (Å²) in [6, 6.07) is 5.01. The number of hydrogen-bond acceptors (Lipinski definition) is 4. The van der Waals surface area contributed by atoms with Crippen LogP contribution in [0.4, 0.5) is 11.4 Å². The lowest BCUT2D eigenvalue weighted by Gasteiger charge is -2.31. The van der Waals surface area contributed by atoms with Crippen LogP contribution in [0, 0.1) is 16.0 Å². The minimum atomic E-state index is -0.356. The highest BCUT2D eigenvalue weighted by atomic mass is 16.6. The van der Waals surface area contributed by atoms with Crippen molar-refractivity contribution in [1.29, 1.82) is 0 Å². The van der Waals surface area contributed by atoms with Gasteiger partial charge in [0.2, 0.25) is 5.91 Å². The maximum absolute atomic E-state index is 12.6. The second-order valence-corrected chi connectivity index (χ2v) is 5.94. The molecule has 6 nitrogen and oxygen atoms in total. The van der Waals surface area contributed by atoms with Gasteiger partial charge in [0.25, 0.3) is 5.69 Å². The van der Waals surface area contributed by atoms with Crippen LogP contribution >= 0.6 is 0 Å². The minimum Gasteiger partial charge on any atom is -0.381 e. The van der Waals surface area contributed by atoms with Gasteiger partial charge in [-0.3, -0.25) is 14.9 Å². The lowest BCUT2D eigenvalue weighted by Crippen LogP contribution is -2.37. The van der Waals surface area contributed by atoms with E-state index in [1.165, 1.54) is 6.07 Å². The number of nitrogens with zero attached hydrogens (tertiary/aromatic N) is 2. The molecule has 1 amide bonds. The molecule has 0 radical (unpaired) electrons. The van der Waals surface area contributed by atoms with Crippen LogP contribution in [-0.4, -0.2) is 30.6 Å². The zero-order valence-electron chi connectivity index (χ0n) is 12.5. The summed E-state index contributed by atoms with van der Waals surface area (Å²) >= 11 is 0. The predicted octanol–water partition coefficient (Wildman–Crippen LogP) is 2.69. The van der Waals surface area contributed by atoms with Crippen molar-refractivity contribution in [2.75, 3.05) is 24.7 Å². The van der Waals surface area contributed by atoms with Gasteiger partial charge in [-0.05, 0) is 37.7 Å². The SMILES string of the molecule is O=C(CC1CCOCC1)N1CCCc2c1cccc2[N+](=O)[O-]. The summed E-state index contributed by atoms with van der Waals surface area (Å²) in [6.07, 6.45) is 3.78. The van der Waals surface area contributed by atoms with Gasteiger partial charge in [-0.25, -0.2) is 0 Å². The van der Waals surface area contributed by atoms with Gasteiger partial charge in [-0.2, -0.15) is 0 Å². The average molecular weight is 304 g/mol. The molecule has 6 heteroatoms. The Bertz CT molecular complexity index is 582. The van der Waals surface area contributed by atoms with Crippen molar-refractivity contribution < 1.29 is 14.5 Å². The van der Waals surface area contributed by atoms with E-state index in [1.54, 1.807) is 11.0 Å². The van der Waals surface area contributed by atoms with E-state index in [0.29, 0.717) is 30.9 Å². The number of rotatable bonds is 3. The number of nitro benzene ring substituents is 1. The normalized spacial score (nSPS) is 18.8. The fraction of sp³-hybridized carbons (Fsp3) is 0.562. The second-order valence-electron chi connectivity index (χ2n) is 5.94. The van der Waals surface area contributed by atoms with Crippen molar-refractivity contribution in [2.45, 2.75) is 32.1 Å².